The van der Waals surface area contributed by atoms with E-state index in [0.717, 1.165) is 30.6 Å². The maximum absolute atomic E-state index is 11.1. The van der Waals surface area contributed by atoms with Gasteiger partial charge in [0, 0.05) is 7.11 Å². The number of hydrogen-bond acceptors (Lipinski definition) is 3. The third kappa shape index (κ3) is 2.94. The zero-order valence-corrected chi connectivity index (χ0v) is 18.0. The van der Waals surface area contributed by atoms with E-state index in [1.165, 1.54) is 51.4 Å². The Balaban J connectivity index is 1.59. The van der Waals surface area contributed by atoms with E-state index < -0.39 is 5.60 Å². The monoisotopic (exact) mass is 378 g/mol. The molecule has 4 aliphatic carbocycles. The Morgan fingerprint density at radius 3 is 2.48 bits per heavy atom. The second-order valence-electron chi connectivity index (χ2n) is 11.1. The van der Waals surface area contributed by atoms with Crippen LogP contribution in [0.3, 0.4) is 0 Å². The number of ether oxygens (including phenoxy) is 1. The second kappa shape index (κ2) is 6.99. The number of hydrogen-bond donors (Lipinski definition) is 2. The smallest absolute Gasteiger partial charge is 0.0883 e. The first-order valence-corrected chi connectivity index (χ1v) is 11.7. The highest BCUT2D eigenvalue weighted by Gasteiger charge is 2.62. The van der Waals surface area contributed by atoms with Gasteiger partial charge < -0.3 is 14.9 Å². The normalized spacial score (nSPS) is 53.3. The van der Waals surface area contributed by atoms with Crippen molar-refractivity contribution in [2.24, 2.45) is 40.4 Å². The van der Waals surface area contributed by atoms with Gasteiger partial charge in [0.05, 0.1) is 18.3 Å². The summed E-state index contributed by atoms with van der Waals surface area (Å²) in [6.07, 6.45) is 11.9. The summed E-state index contributed by atoms with van der Waals surface area (Å²) in [7, 11) is 1.72. The molecule has 0 amide bonds. The van der Waals surface area contributed by atoms with Gasteiger partial charge >= 0.3 is 0 Å². The standard InChI is InChI=1S/C24H42O3/c1-5-24-13-12-23(26,15-27-4)14-17(24)6-7-18-20-9-8-19(16(2)25)22(20,3)11-10-21(18)24/h16-21,25-26H,5-15H2,1-4H3/t16?,17-,18+,19-,20+,21+,22-,23-,24+/m1/s1. The van der Waals surface area contributed by atoms with Crippen molar-refractivity contribution in [3.05, 3.63) is 0 Å². The van der Waals surface area contributed by atoms with Crippen molar-refractivity contribution in [2.75, 3.05) is 13.7 Å². The summed E-state index contributed by atoms with van der Waals surface area (Å²) in [5, 5.41) is 21.5. The number of aliphatic hydroxyl groups is 2. The van der Waals surface area contributed by atoms with E-state index in [9.17, 15) is 10.2 Å². The molecule has 2 N–H and O–H groups in total. The number of fused-ring (bicyclic) bond motifs is 5. The van der Waals surface area contributed by atoms with Gasteiger partial charge in [-0.2, -0.15) is 0 Å². The highest BCUT2D eigenvalue weighted by Crippen LogP contribution is 2.69. The van der Waals surface area contributed by atoms with Crippen LogP contribution in [0.25, 0.3) is 0 Å². The third-order valence-corrected chi connectivity index (χ3v) is 10.2. The molecular formula is C24H42O3. The molecule has 0 aromatic rings. The molecule has 1 unspecified atom stereocenters. The van der Waals surface area contributed by atoms with Crippen LogP contribution in [0.5, 0.6) is 0 Å². The molecule has 4 fully saturated rings. The van der Waals surface area contributed by atoms with Gasteiger partial charge in [0.25, 0.3) is 0 Å². The average molecular weight is 379 g/mol. The lowest BCUT2D eigenvalue weighted by atomic mass is 9.42. The highest BCUT2D eigenvalue weighted by atomic mass is 16.5. The van der Waals surface area contributed by atoms with Gasteiger partial charge in [0.2, 0.25) is 0 Å². The predicted molar refractivity (Wildman–Crippen MR) is 108 cm³/mol. The molecule has 3 heteroatoms. The zero-order valence-electron chi connectivity index (χ0n) is 18.0. The van der Waals surface area contributed by atoms with Crippen LogP contribution in [-0.4, -0.2) is 35.6 Å². The minimum absolute atomic E-state index is 0.160. The molecule has 0 radical (unpaired) electrons. The summed E-state index contributed by atoms with van der Waals surface area (Å²) < 4.78 is 5.37. The van der Waals surface area contributed by atoms with Crippen LogP contribution in [0.1, 0.15) is 85.0 Å². The minimum Gasteiger partial charge on any atom is -0.393 e. The maximum atomic E-state index is 11.1. The summed E-state index contributed by atoms with van der Waals surface area (Å²) in [5.41, 5.74) is 0.189. The summed E-state index contributed by atoms with van der Waals surface area (Å²) in [4.78, 5) is 0. The molecule has 4 aliphatic rings. The molecule has 156 valence electrons. The Morgan fingerprint density at radius 2 is 1.81 bits per heavy atom. The molecule has 4 saturated carbocycles. The Bertz CT molecular complexity index is 548. The van der Waals surface area contributed by atoms with Crippen LogP contribution in [0.15, 0.2) is 0 Å². The van der Waals surface area contributed by atoms with Crippen molar-refractivity contribution in [2.45, 2.75) is 96.7 Å². The average Bonchev–Trinajstić information content (AvgIpc) is 2.99. The van der Waals surface area contributed by atoms with Crippen molar-refractivity contribution in [3.63, 3.8) is 0 Å². The van der Waals surface area contributed by atoms with E-state index in [0.29, 0.717) is 29.3 Å². The molecular weight excluding hydrogens is 336 g/mol. The first-order chi connectivity index (χ1) is 12.8. The predicted octanol–water partition coefficient (Wildman–Crippen LogP) is 4.79. The molecule has 0 aromatic carbocycles. The van der Waals surface area contributed by atoms with Crippen molar-refractivity contribution in [1.29, 1.82) is 0 Å². The molecule has 4 rings (SSSR count). The van der Waals surface area contributed by atoms with Gasteiger partial charge in [-0.05, 0) is 112 Å². The Labute approximate surface area is 166 Å². The SMILES string of the molecule is CC[C@]12CC[C@](O)(COC)C[C@H]1CC[C@H]1[C@@H]3CC[C@H](C(C)O)[C@@]3(C)CC[C@@H]12. The molecule has 0 aromatic heterocycles. The van der Waals surface area contributed by atoms with Gasteiger partial charge in [-0.25, -0.2) is 0 Å². The third-order valence-electron chi connectivity index (χ3n) is 10.2. The summed E-state index contributed by atoms with van der Waals surface area (Å²) >= 11 is 0. The zero-order chi connectivity index (χ0) is 19.4. The summed E-state index contributed by atoms with van der Waals surface area (Å²) in [6, 6.07) is 0. The number of rotatable bonds is 4. The van der Waals surface area contributed by atoms with Gasteiger partial charge in [0.1, 0.15) is 0 Å². The van der Waals surface area contributed by atoms with Crippen molar-refractivity contribution >= 4 is 0 Å². The highest BCUT2D eigenvalue weighted by molar-refractivity contribution is 5.11. The molecule has 27 heavy (non-hydrogen) atoms. The van der Waals surface area contributed by atoms with E-state index in [-0.39, 0.29) is 6.10 Å². The van der Waals surface area contributed by atoms with E-state index in [1.54, 1.807) is 7.11 Å². The molecule has 9 atom stereocenters. The van der Waals surface area contributed by atoms with Crippen LogP contribution in [0.4, 0.5) is 0 Å². The van der Waals surface area contributed by atoms with Crippen molar-refractivity contribution in [3.8, 4) is 0 Å². The van der Waals surface area contributed by atoms with Gasteiger partial charge in [-0.15, -0.1) is 0 Å². The van der Waals surface area contributed by atoms with Crippen LogP contribution in [0, 0.1) is 40.4 Å². The summed E-state index contributed by atoms with van der Waals surface area (Å²) in [5.74, 6) is 3.64. The lowest BCUT2D eigenvalue weighted by Gasteiger charge is -2.63. The van der Waals surface area contributed by atoms with Crippen molar-refractivity contribution < 1.29 is 14.9 Å². The van der Waals surface area contributed by atoms with E-state index >= 15 is 0 Å². The van der Waals surface area contributed by atoms with Gasteiger partial charge in [-0.1, -0.05) is 13.8 Å². The fraction of sp³-hybridized carbons (Fsp3) is 1.00. The second-order valence-corrected chi connectivity index (χ2v) is 11.1. The number of methoxy groups -OCH3 is 1. The largest absolute Gasteiger partial charge is 0.393 e. The number of aliphatic hydroxyl groups excluding tert-OH is 1. The first kappa shape index (κ1) is 20.2. The molecule has 0 bridgehead atoms. The summed E-state index contributed by atoms with van der Waals surface area (Å²) in [6.45, 7) is 7.43. The molecule has 0 heterocycles. The molecule has 0 spiro atoms. The molecule has 3 nitrogen and oxygen atoms in total. The Kier molecular flexibility index (Phi) is 5.22. The topological polar surface area (TPSA) is 49.7 Å². The van der Waals surface area contributed by atoms with Crippen LogP contribution < -0.4 is 0 Å². The quantitative estimate of drug-likeness (QED) is 0.739. The Hall–Kier alpha value is -0.120. The lowest BCUT2D eigenvalue weighted by molar-refractivity contribution is -0.172. The lowest BCUT2D eigenvalue weighted by Crippen LogP contribution is -2.57. The Morgan fingerprint density at radius 1 is 1.04 bits per heavy atom. The molecule has 0 aliphatic heterocycles. The fourth-order valence-electron chi connectivity index (χ4n) is 9.07. The van der Waals surface area contributed by atoms with E-state index in [4.69, 9.17) is 4.74 Å². The fourth-order valence-corrected chi connectivity index (χ4v) is 9.07. The van der Waals surface area contributed by atoms with Crippen molar-refractivity contribution in [1.82, 2.24) is 0 Å². The van der Waals surface area contributed by atoms with E-state index in [2.05, 4.69) is 13.8 Å². The van der Waals surface area contributed by atoms with Crippen LogP contribution in [0.2, 0.25) is 0 Å². The van der Waals surface area contributed by atoms with E-state index in [1.807, 2.05) is 6.92 Å². The minimum atomic E-state index is -0.598. The molecule has 0 saturated heterocycles. The van der Waals surface area contributed by atoms with Crippen LogP contribution in [-0.2, 0) is 4.74 Å². The first-order valence-electron chi connectivity index (χ1n) is 11.7. The maximum Gasteiger partial charge on any atom is 0.0883 e. The van der Waals surface area contributed by atoms with Gasteiger partial charge in [0.15, 0.2) is 0 Å². The van der Waals surface area contributed by atoms with Gasteiger partial charge in [-0.3, -0.25) is 0 Å². The van der Waals surface area contributed by atoms with Crippen LogP contribution >= 0.6 is 0 Å².